The van der Waals surface area contributed by atoms with E-state index in [4.69, 9.17) is 30.5 Å². The number of rotatable bonds is 10. The Labute approximate surface area is 255 Å². The second kappa shape index (κ2) is 12.4. The van der Waals surface area contributed by atoms with Gasteiger partial charge in [-0.25, -0.2) is 9.97 Å². The molecule has 1 spiro atoms. The number of anilines is 1. The van der Waals surface area contributed by atoms with Gasteiger partial charge in [0.15, 0.2) is 11.5 Å². The van der Waals surface area contributed by atoms with Crippen LogP contribution in [0.2, 0.25) is 5.02 Å². The molecule has 2 aromatic carbocycles. The summed E-state index contributed by atoms with van der Waals surface area (Å²) in [5, 5.41) is 8.01. The van der Waals surface area contributed by atoms with Crippen LogP contribution in [0.1, 0.15) is 35.4 Å². The summed E-state index contributed by atoms with van der Waals surface area (Å²) in [5.41, 5.74) is 2.74. The Morgan fingerprint density at radius 3 is 2.60 bits per heavy atom. The summed E-state index contributed by atoms with van der Waals surface area (Å²) in [5.74, 6) is 1.67. The van der Waals surface area contributed by atoms with Crippen LogP contribution in [0.15, 0.2) is 42.7 Å². The van der Waals surface area contributed by atoms with Gasteiger partial charge in [-0.2, -0.15) is 5.10 Å². The first-order valence-corrected chi connectivity index (χ1v) is 14.8. The van der Waals surface area contributed by atoms with E-state index in [1.807, 2.05) is 19.1 Å². The molecule has 2 saturated heterocycles. The molecule has 12 heteroatoms. The van der Waals surface area contributed by atoms with E-state index in [9.17, 15) is 4.79 Å². The van der Waals surface area contributed by atoms with E-state index in [1.54, 1.807) is 38.4 Å². The van der Waals surface area contributed by atoms with Crippen LogP contribution in [0.4, 0.5) is 5.69 Å². The van der Waals surface area contributed by atoms with Gasteiger partial charge in [0.25, 0.3) is 5.91 Å². The zero-order chi connectivity index (χ0) is 30.0. The quantitative estimate of drug-likeness (QED) is 0.242. The number of amides is 1. The number of ether oxygens (including phenoxy) is 4. The van der Waals surface area contributed by atoms with Crippen LogP contribution in [-0.2, 0) is 11.8 Å². The van der Waals surface area contributed by atoms with Crippen LogP contribution in [-0.4, -0.2) is 77.1 Å². The summed E-state index contributed by atoms with van der Waals surface area (Å²) in [7, 11) is 3.32. The molecule has 11 nitrogen and oxygen atoms in total. The number of nitrogens with zero attached hydrogens (tertiary/aromatic N) is 5. The van der Waals surface area contributed by atoms with Crippen molar-refractivity contribution in [2.75, 3.05) is 51.9 Å². The van der Waals surface area contributed by atoms with Crippen molar-refractivity contribution in [1.29, 1.82) is 0 Å². The van der Waals surface area contributed by atoms with Gasteiger partial charge in [-0.1, -0.05) is 11.6 Å². The van der Waals surface area contributed by atoms with Gasteiger partial charge in [0.2, 0.25) is 5.88 Å². The third-order valence-electron chi connectivity index (χ3n) is 8.13. The van der Waals surface area contributed by atoms with Crippen LogP contribution in [0.5, 0.6) is 23.1 Å². The number of aryl methyl sites for hydroxylation is 2. The average Bonchev–Trinajstić information content (AvgIpc) is 3.33. The molecule has 2 aliphatic rings. The first-order chi connectivity index (χ1) is 20.8. The average molecular weight is 607 g/mol. The van der Waals surface area contributed by atoms with Crippen molar-refractivity contribution < 1.29 is 23.7 Å². The topological polar surface area (TPSA) is 113 Å². The largest absolute Gasteiger partial charge is 0.493 e. The Morgan fingerprint density at radius 2 is 1.93 bits per heavy atom. The molecule has 0 unspecified atom stereocenters. The Bertz CT molecular complexity index is 1630. The van der Waals surface area contributed by atoms with Gasteiger partial charge < -0.3 is 29.2 Å². The maximum absolute atomic E-state index is 12.7. The molecule has 6 rings (SSSR count). The van der Waals surface area contributed by atoms with Crippen LogP contribution in [0.3, 0.4) is 0 Å². The number of benzene rings is 2. The number of likely N-dealkylation sites (tertiary alicyclic amines) is 1. The SMILES string of the molecule is COc1cc2c(Oc3ccc(NC(=O)c4cc(C)nn4C)c(Cl)c3)ncnc2cc1OCCCN1CCC2(CC1)COC2. The highest BCUT2D eigenvalue weighted by Gasteiger charge is 2.40. The lowest BCUT2D eigenvalue weighted by Gasteiger charge is -2.47. The van der Waals surface area contributed by atoms with Crippen LogP contribution in [0, 0.1) is 12.3 Å². The highest BCUT2D eigenvalue weighted by atomic mass is 35.5. The summed E-state index contributed by atoms with van der Waals surface area (Å²) >= 11 is 6.50. The molecular weight excluding hydrogens is 572 g/mol. The normalized spacial score (nSPS) is 16.2. The number of piperidine rings is 1. The standard InChI is InChI=1S/C31H35ClN6O5/c1-20-13-26(37(2)36-20)29(39)35-24-6-5-21(14-23(24)32)43-30-22-15-27(40-3)28(16-25(22)33-19-34-30)42-12-4-9-38-10-7-31(8-11-38)17-41-18-31/h5-6,13-16,19H,4,7-12,17-18H2,1-3H3,(H,35,39). The molecule has 0 atom stereocenters. The maximum atomic E-state index is 12.7. The van der Waals surface area contributed by atoms with E-state index >= 15 is 0 Å². The fourth-order valence-electron chi connectivity index (χ4n) is 5.58. The number of aromatic nitrogens is 4. The number of nitrogens with one attached hydrogen (secondary N) is 1. The zero-order valence-corrected chi connectivity index (χ0v) is 25.3. The molecule has 4 heterocycles. The molecule has 0 saturated carbocycles. The number of carbonyl (C=O) groups is 1. The molecule has 43 heavy (non-hydrogen) atoms. The highest BCUT2D eigenvalue weighted by Crippen LogP contribution is 2.39. The van der Waals surface area contributed by atoms with Gasteiger partial charge >= 0.3 is 0 Å². The molecule has 1 amide bonds. The van der Waals surface area contributed by atoms with Crippen molar-refractivity contribution in [2.24, 2.45) is 12.5 Å². The molecule has 2 fully saturated rings. The van der Waals surface area contributed by atoms with Gasteiger partial charge in [0, 0.05) is 31.1 Å². The second-order valence-electron chi connectivity index (χ2n) is 11.2. The van der Waals surface area contributed by atoms with Crippen LogP contribution < -0.4 is 19.5 Å². The molecule has 2 aliphatic heterocycles. The Morgan fingerprint density at radius 1 is 1.12 bits per heavy atom. The van der Waals surface area contributed by atoms with Gasteiger partial charge in [0.1, 0.15) is 17.8 Å². The number of halogens is 1. The van der Waals surface area contributed by atoms with Crippen LogP contribution in [0.25, 0.3) is 10.9 Å². The van der Waals surface area contributed by atoms with E-state index < -0.39 is 0 Å². The predicted octanol–water partition coefficient (Wildman–Crippen LogP) is 5.26. The molecular formula is C31H35ClN6O5. The minimum absolute atomic E-state index is 0.311. The van der Waals surface area contributed by atoms with Crippen molar-refractivity contribution in [3.8, 4) is 23.1 Å². The molecule has 4 aromatic rings. The Kier molecular flexibility index (Phi) is 8.38. The third-order valence-corrected chi connectivity index (χ3v) is 8.44. The molecule has 0 bridgehead atoms. The first-order valence-electron chi connectivity index (χ1n) is 14.4. The summed E-state index contributed by atoms with van der Waals surface area (Å²) < 4.78 is 24.8. The van der Waals surface area contributed by atoms with Crippen molar-refractivity contribution in [1.82, 2.24) is 24.6 Å². The summed E-state index contributed by atoms with van der Waals surface area (Å²) in [6.07, 6.45) is 4.79. The summed E-state index contributed by atoms with van der Waals surface area (Å²) in [4.78, 5) is 24.0. The maximum Gasteiger partial charge on any atom is 0.273 e. The molecule has 2 aromatic heterocycles. The fourth-order valence-corrected chi connectivity index (χ4v) is 5.79. The van der Waals surface area contributed by atoms with E-state index in [-0.39, 0.29) is 5.91 Å². The van der Waals surface area contributed by atoms with Gasteiger partial charge in [-0.15, -0.1) is 0 Å². The highest BCUT2D eigenvalue weighted by molar-refractivity contribution is 6.34. The lowest BCUT2D eigenvalue weighted by molar-refractivity contribution is -0.139. The minimum atomic E-state index is -0.311. The van der Waals surface area contributed by atoms with Gasteiger partial charge in [-0.05, 0) is 63.5 Å². The number of hydrogen-bond acceptors (Lipinski definition) is 9. The molecule has 0 aliphatic carbocycles. The van der Waals surface area contributed by atoms with E-state index in [2.05, 4.69) is 25.3 Å². The Hall–Kier alpha value is -3.93. The molecule has 0 radical (unpaired) electrons. The zero-order valence-electron chi connectivity index (χ0n) is 24.6. The fraction of sp³-hybridized carbons (Fsp3) is 0.419. The van der Waals surface area contributed by atoms with Crippen molar-refractivity contribution in [2.45, 2.75) is 26.2 Å². The first kappa shape index (κ1) is 29.2. The molecule has 226 valence electrons. The Balaban J connectivity index is 1.09. The predicted molar refractivity (Wildman–Crippen MR) is 163 cm³/mol. The summed E-state index contributed by atoms with van der Waals surface area (Å²) in [6.45, 7) is 7.49. The van der Waals surface area contributed by atoms with Crippen molar-refractivity contribution >= 4 is 34.1 Å². The smallest absolute Gasteiger partial charge is 0.273 e. The van der Waals surface area contributed by atoms with E-state index in [0.29, 0.717) is 62.5 Å². The van der Waals surface area contributed by atoms with E-state index in [1.165, 1.54) is 23.9 Å². The van der Waals surface area contributed by atoms with E-state index in [0.717, 1.165) is 45.0 Å². The number of fused-ring (bicyclic) bond motifs is 1. The summed E-state index contributed by atoms with van der Waals surface area (Å²) in [6, 6.07) is 10.4. The monoisotopic (exact) mass is 606 g/mol. The molecule has 1 N–H and O–H groups in total. The van der Waals surface area contributed by atoms with Gasteiger partial charge in [0.05, 0.1) is 54.2 Å². The number of methoxy groups -OCH3 is 1. The second-order valence-corrected chi connectivity index (χ2v) is 11.6. The van der Waals surface area contributed by atoms with Crippen LogP contribution >= 0.6 is 11.6 Å². The van der Waals surface area contributed by atoms with Crippen molar-refractivity contribution in [3.63, 3.8) is 0 Å². The minimum Gasteiger partial charge on any atom is -0.493 e. The number of carbonyl (C=O) groups excluding carboxylic acids is 1. The van der Waals surface area contributed by atoms with Gasteiger partial charge in [-0.3, -0.25) is 9.48 Å². The lowest BCUT2D eigenvalue weighted by Crippen LogP contribution is -2.51. The van der Waals surface area contributed by atoms with Crippen molar-refractivity contribution in [3.05, 3.63) is 59.1 Å². The number of hydrogen-bond donors (Lipinski definition) is 1. The third kappa shape index (κ3) is 6.39. The lowest BCUT2D eigenvalue weighted by atomic mass is 9.77.